The van der Waals surface area contributed by atoms with Crippen LogP contribution in [-0.2, 0) is 28.6 Å². The van der Waals surface area contributed by atoms with Crippen LogP contribution >= 0.6 is 0 Å². The molecule has 8 nitrogen and oxygen atoms in total. The number of hydrogen-bond donors (Lipinski definition) is 1. The molecule has 0 heterocycles. The van der Waals surface area contributed by atoms with Crippen LogP contribution in [0.2, 0.25) is 0 Å². The van der Waals surface area contributed by atoms with E-state index in [4.69, 9.17) is 14.2 Å². The molecule has 0 amide bonds. The summed E-state index contributed by atoms with van der Waals surface area (Å²) < 4.78 is 17.4. The molecule has 0 radical (unpaired) electrons. The Bertz CT molecular complexity index is 1100. The first-order valence-corrected chi connectivity index (χ1v) is 29.2. The Hall–Kier alpha value is -1.93. The SMILES string of the molecule is CCCCCCCCCCCCCC/C=C/CCCCCCCCCC(=O)OC(COCCC(C(=O)O)[N+](C)(C)C)COC(=O)CCCCCCCCCCCCCCCCCCCCCC. The maximum atomic E-state index is 12.8. The zero-order valence-corrected chi connectivity index (χ0v) is 45.4. The molecule has 1 N–H and O–H groups in total. The molecule has 2 unspecified atom stereocenters. The second-order valence-corrected chi connectivity index (χ2v) is 21.3. The molecule has 0 aliphatic rings. The van der Waals surface area contributed by atoms with Gasteiger partial charge >= 0.3 is 17.9 Å². The van der Waals surface area contributed by atoms with Crippen LogP contribution in [0.4, 0.5) is 0 Å². The summed E-state index contributed by atoms with van der Waals surface area (Å²) >= 11 is 0. The average Bonchev–Trinajstić information content (AvgIpc) is 3.29. The number of nitrogens with zero attached hydrogens (tertiary/aromatic N) is 1. The van der Waals surface area contributed by atoms with Gasteiger partial charge in [0, 0.05) is 19.3 Å². The van der Waals surface area contributed by atoms with Crippen LogP contribution in [0, 0.1) is 0 Å². The molecule has 0 rings (SSSR count). The Kier molecular flexibility index (Phi) is 49.0. The molecular formula is C59H114NO7+. The third-order valence-corrected chi connectivity index (χ3v) is 13.7. The molecule has 0 aromatic carbocycles. The van der Waals surface area contributed by atoms with E-state index in [-0.39, 0.29) is 36.2 Å². The van der Waals surface area contributed by atoms with Gasteiger partial charge in [0.2, 0.25) is 0 Å². The maximum absolute atomic E-state index is 12.8. The minimum atomic E-state index is -0.870. The molecule has 396 valence electrons. The first kappa shape index (κ1) is 65.1. The number of carboxylic acid groups (broad SMARTS) is 1. The van der Waals surface area contributed by atoms with Gasteiger partial charge in [-0.25, -0.2) is 4.79 Å². The van der Waals surface area contributed by atoms with Crippen LogP contribution in [0.25, 0.3) is 0 Å². The lowest BCUT2D eigenvalue weighted by atomic mass is 10.0. The number of aliphatic carboxylic acids is 1. The highest BCUT2D eigenvalue weighted by Gasteiger charge is 2.31. The smallest absolute Gasteiger partial charge is 0.362 e. The van der Waals surface area contributed by atoms with E-state index in [1.807, 2.05) is 21.1 Å². The molecule has 0 aromatic heterocycles. The summed E-state index contributed by atoms with van der Waals surface area (Å²) in [6.07, 6.45) is 58.5. The van der Waals surface area contributed by atoms with Crippen LogP contribution in [0.3, 0.4) is 0 Å². The highest BCUT2D eigenvalue weighted by atomic mass is 16.6. The first-order chi connectivity index (χ1) is 32.6. The van der Waals surface area contributed by atoms with Crippen molar-refractivity contribution >= 4 is 17.9 Å². The van der Waals surface area contributed by atoms with E-state index in [0.29, 0.717) is 19.3 Å². The van der Waals surface area contributed by atoms with Crippen molar-refractivity contribution in [3.8, 4) is 0 Å². The number of carbonyl (C=O) groups excluding carboxylic acids is 2. The Labute approximate surface area is 416 Å². The van der Waals surface area contributed by atoms with E-state index < -0.39 is 18.1 Å². The molecule has 0 saturated heterocycles. The number of allylic oxidation sites excluding steroid dienone is 2. The van der Waals surface area contributed by atoms with Crippen molar-refractivity contribution in [2.45, 2.75) is 309 Å². The van der Waals surface area contributed by atoms with Crippen molar-refractivity contribution in [1.82, 2.24) is 0 Å². The Balaban J connectivity index is 4.13. The lowest BCUT2D eigenvalue weighted by Crippen LogP contribution is -2.50. The molecule has 0 aliphatic heterocycles. The zero-order valence-electron chi connectivity index (χ0n) is 45.4. The van der Waals surface area contributed by atoms with E-state index in [1.54, 1.807) is 0 Å². The van der Waals surface area contributed by atoms with Gasteiger partial charge in [0.25, 0.3) is 0 Å². The van der Waals surface area contributed by atoms with Crippen molar-refractivity contribution < 1.29 is 38.2 Å². The second-order valence-electron chi connectivity index (χ2n) is 21.3. The molecular weight excluding hydrogens is 835 g/mol. The fourth-order valence-corrected chi connectivity index (χ4v) is 9.15. The normalized spacial score (nSPS) is 12.8. The van der Waals surface area contributed by atoms with Crippen LogP contribution in [0.15, 0.2) is 12.2 Å². The van der Waals surface area contributed by atoms with Crippen LogP contribution in [0.5, 0.6) is 0 Å². The molecule has 0 aromatic rings. The van der Waals surface area contributed by atoms with Crippen molar-refractivity contribution in [3.63, 3.8) is 0 Å². The average molecular weight is 950 g/mol. The predicted molar refractivity (Wildman–Crippen MR) is 285 cm³/mol. The van der Waals surface area contributed by atoms with Crippen LogP contribution in [-0.4, -0.2) is 80.6 Å². The fraction of sp³-hybridized carbons (Fsp3) is 0.915. The minimum Gasteiger partial charge on any atom is -0.477 e. The Morgan fingerprint density at radius 3 is 1.07 bits per heavy atom. The molecule has 0 aliphatic carbocycles. The molecule has 67 heavy (non-hydrogen) atoms. The molecule has 0 fully saturated rings. The number of rotatable bonds is 54. The topological polar surface area (TPSA) is 99.1 Å². The first-order valence-electron chi connectivity index (χ1n) is 29.2. The van der Waals surface area contributed by atoms with E-state index >= 15 is 0 Å². The van der Waals surface area contributed by atoms with Gasteiger partial charge in [-0.15, -0.1) is 0 Å². The zero-order chi connectivity index (χ0) is 49.2. The van der Waals surface area contributed by atoms with Gasteiger partial charge in [-0.3, -0.25) is 9.59 Å². The molecule has 0 saturated carbocycles. The van der Waals surface area contributed by atoms with E-state index in [2.05, 4.69) is 26.0 Å². The number of esters is 2. The predicted octanol–water partition coefficient (Wildman–Crippen LogP) is 17.4. The molecule has 0 spiro atoms. The van der Waals surface area contributed by atoms with Gasteiger partial charge in [-0.2, -0.15) is 0 Å². The summed E-state index contributed by atoms with van der Waals surface area (Å²) in [6.45, 7) is 4.80. The van der Waals surface area contributed by atoms with Gasteiger partial charge in [0.1, 0.15) is 6.61 Å². The monoisotopic (exact) mass is 949 g/mol. The maximum Gasteiger partial charge on any atom is 0.362 e. The summed E-state index contributed by atoms with van der Waals surface area (Å²) in [7, 11) is 5.55. The van der Waals surface area contributed by atoms with Crippen molar-refractivity contribution in [2.24, 2.45) is 0 Å². The third kappa shape index (κ3) is 48.9. The van der Waals surface area contributed by atoms with Crippen molar-refractivity contribution in [1.29, 1.82) is 0 Å². The lowest BCUT2D eigenvalue weighted by molar-refractivity contribution is -0.887. The summed E-state index contributed by atoms with van der Waals surface area (Å²) in [6, 6.07) is -0.612. The number of likely N-dealkylation sites (N-methyl/N-ethyl adjacent to an activating group) is 1. The number of hydrogen-bond acceptors (Lipinski definition) is 6. The fourth-order valence-electron chi connectivity index (χ4n) is 9.15. The van der Waals surface area contributed by atoms with E-state index in [9.17, 15) is 19.5 Å². The van der Waals surface area contributed by atoms with Crippen LogP contribution < -0.4 is 0 Å². The van der Waals surface area contributed by atoms with Gasteiger partial charge in [0.05, 0.1) is 34.4 Å². The largest absolute Gasteiger partial charge is 0.477 e. The minimum absolute atomic E-state index is 0.0456. The highest BCUT2D eigenvalue weighted by Crippen LogP contribution is 2.17. The number of quaternary nitrogens is 1. The van der Waals surface area contributed by atoms with Crippen molar-refractivity contribution in [2.75, 3.05) is 41.0 Å². The number of ether oxygens (including phenoxy) is 3. The standard InChI is InChI=1S/C59H113NO7/c1-6-8-10-12-14-16-18-20-22-24-26-28-29-30-32-34-36-38-40-42-44-46-48-50-58(62)67-55(53-65-52-51-56(59(63)64)60(3,4)5)54-66-57(61)49-47-45-43-41-39-37-35-33-31-27-25-23-21-19-17-15-13-11-9-7-2/h30,32,55-56H,6-29,31,33-54H2,1-5H3/p+1/b32-30+. The van der Waals surface area contributed by atoms with E-state index in [0.717, 1.165) is 38.5 Å². The number of carboxylic acids is 1. The Morgan fingerprint density at radius 1 is 0.433 bits per heavy atom. The van der Waals surface area contributed by atoms with Crippen molar-refractivity contribution in [3.05, 3.63) is 12.2 Å². The van der Waals surface area contributed by atoms with Crippen LogP contribution in [0.1, 0.15) is 296 Å². The summed E-state index contributed by atoms with van der Waals surface area (Å²) in [4.78, 5) is 37.3. The van der Waals surface area contributed by atoms with Gasteiger partial charge in [-0.1, -0.05) is 251 Å². The summed E-state index contributed by atoms with van der Waals surface area (Å²) in [5.41, 5.74) is 0. The summed E-state index contributed by atoms with van der Waals surface area (Å²) in [5, 5.41) is 9.68. The number of carbonyl (C=O) groups is 3. The Morgan fingerprint density at radius 2 is 0.746 bits per heavy atom. The summed E-state index contributed by atoms with van der Waals surface area (Å²) in [5.74, 6) is -1.44. The second kappa shape index (κ2) is 50.5. The molecule has 0 bridgehead atoms. The molecule has 8 heteroatoms. The van der Waals surface area contributed by atoms with E-state index in [1.165, 1.54) is 225 Å². The lowest BCUT2D eigenvalue weighted by Gasteiger charge is -2.31. The third-order valence-electron chi connectivity index (χ3n) is 13.7. The van der Waals surface area contributed by atoms with Gasteiger partial charge in [-0.05, 0) is 38.5 Å². The number of unbranched alkanes of at least 4 members (excludes halogenated alkanes) is 38. The quantitative estimate of drug-likeness (QED) is 0.0281. The molecule has 2 atom stereocenters. The van der Waals surface area contributed by atoms with Gasteiger partial charge in [0.15, 0.2) is 12.1 Å². The highest BCUT2D eigenvalue weighted by molar-refractivity contribution is 5.72. The van der Waals surface area contributed by atoms with Gasteiger partial charge < -0.3 is 23.8 Å².